The van der Waals surface area contributed by atoms with Gasteiger partial charge in [0.15, 0.2) is 5.78 Å². The van der Waals surface area contributed by atoms with E-state index in [1.807, 2.05) is 6.92 Å². The molecule has 0 saturated heterocycles. The highest BCUT2D eigenvalue weighted by atomic mass is 16.5. The summed E-state index contributed by atoms with van der Waals surface area (Å²) in [6.07, 6.45) is 0.0321. The van der Waals surface area contributed by atoms with Gasteiger partial charge >= 0.3 is 0 Å². The van der Waals surface area contributed by atoms with Crippen molar-refractivity contribution >= 4 is 29.2 Å². The van der Waals surface area contributed by atoms with Gasteiger partial charge in [-0.15, -0.1) is 0 Å². The van der Waals surface area contributed by atoms with E-state index in [0.717, 1.165) is 0 Å². The van der Waals surface area contributed by atoms with Gasteiger partial charge in [0.05, 0.1) is 17.9 Å². The largest absolute Gasteiger partial charge is 0.494 e. The summed E-state index contributed by atoms with van der Waals surface area (Å²) >= 11 is 0. The van der Waals surface area contributed by atoms with Crippen LogP contribution in [0.3, 0.4) is 0 Å². The molecule has 3 amide bonds. The van der Waals surface area contributed by atoms with Crippen LogP contribution in [0, 0.1) is 0 Å². The first kappa shape index (κ1) is 22.6. The molecule has 2 aromatic carbocycles. The smallest absolute Gasteiger partial charge is 0.253 e. The van der Waals surface area contributed by atoms with Crippen molar-refractivity contribution in [1.82, 2.24) is 5.32 Å². The molecule has 0 fully saturated rings. The van der Waals surface area contributed by atoms with Crippen LogP contribution < -0.4 is 21.1 Å². The molecular formula is C22H25N3O5. The molecule has 4 N–H and O–H groups in total. The number of primary amides is 1. The zero-order valence-corrected chi connectivity index (χ0v) is 16.8. The Bertz CT molecular complexity index is 909. The molecule has 0 unspecified atom stereocenters. The number of anilines is 1. The van der Waals surface area contributed by atoms with Crippen LogP contribution in [-0.2, 0) is 9.59 Å². The number of hydrogen-bond donors (Lipinski definition) is 3. The highest BCUT2D eigenvalue weighted by Gasteiger charge is 2.14. The minimum Gasteiger partial charge on any atom is -0.494 e. The van der Waals surface area contributed by atoms with Crippen molar-refractivity contribution in [1.29, 1.82) is 0 Å². The number of hydrogen-bond acceptors (Lipinski definition) is 5. The Morgan fingerprint density at radius 1 is 0.933 bits per heavy atom. The highest BCUT2D eigenvalue weighted by molar-refractivity contribution is 6.05. The predicted octanol–water partition coefficient (Wildman–Crippen LogP) is 2.29. The van der Waals surface area contributed by atoms with Crippen molar-refractivity contribution in [2.45, 2.75) is 26.2 Å². The van der Waals surface area contributed by atoms with E-state index in [1.165, 1.54) is 0 Å². The number of Topliss-reactive ketones (excluding diaryl/α,β-unsaturated/α-hetero) is 1. The second-order valence-electron chi connectivity index (χ2n) is 6.45. The second kappa shape index (κ2) is 11.4. The number of nitrogens with two attached hydrogens (primary N) is 1. The fourth-order valence-electron chi connectivity index (χ4n) is 2.67. The Hall–Kier alpha value is -3.68. The third-order valence-electron chi connectivity index (χ3n) is 4.17. The van der Waals surface area contributed by atoms with E-state index in [4.69, 9.17) is 10.5 Å². The zero-order valence-electron chi connectivity index (χ0n) is 16.8. The number of carbonyl (C=O) groups is 4. The summed E-state index contributed by atoms with van der Waals surface area (Å²) in [6.45, 7) is 2.52. The molecule has 8 nitrogen and oxygen atoms in total. The molecule has 0 aliphatic rings. The lowest BCUT2D eigenvalue weighted by Gasteiger charge is -2.11. The number of nitrogens with one attached hydrogen (secondary N) is 2. The standard InChI is InChI=1S/C22H25N3O5/c1-2-30-16-9-7-15(8-10-16)19(26)11-12-21(28)25-18-6-4-3-5-17(18)22(29)24-14-13-20(23)27/h3-10H,2,11-14H2,1H3,(H2,23,27)(H,24,29)(H,25,28). The lowest BCUT2D eigenvalue weighted by Crippen LogP contribution is -2.28. The fourth-order valence-corrected chi connectivity index (χ4v) is 2.67. The second-order valence-corrected chi connectivity index (χ2v) is 6.45. The minimum atomic E-state index is -0.519. The Morgan fingerprint density at radius 2 is 1.63 bits per heavy atom. The number of para-hydroxylation sites is 1. The van der Waals surface area contributed by atoms with Gasteiger partial charge in [0.2, 0.25) is 11.8 Å². The van der Waals surface area contributed by atoms with E-state index in [9.17, 15) is 19.2 Å². The first-order valence-corrected chi connectivity index (χ1v) is 9.62. The summed E-state index contributed by atoms with van der Waals surface area (Å²) < 4.78 is 5.34. The molecule has 30 heavy (non-hydrogen) atoms. The van der Waals surface area contributed by atoms with Gasteiger partial charge in [-0.25, -0.2) is 0 Å². The molecular weight excluding hydrogens is 386 g/mol. The molecule has 2 rings (SSSR count). The van der Waals surface area contributed by atoms with E-state index in [1.54, 1.807) is 48.5 Å². The van der Waals surface area contributed by atoms with E-state index in [-0.39, 0.29) is 43.1 Å². The Morgan fingerprint density at radius 3 is 2.30 bits per heavy atom. The maximum Gasteiger partial charge on any atom is 0.253 e. The van der Waals surface area contributed by atoms with Gasteiger partial charge < -0.3 is 21.1 Å². The van der Waals surface area contributed by atoms with Crippen LogP contribution in [0.15, 0.2) is 48.5 Å². The quantitative estimate of drug-likeness (QED) is 0.489. The van der Waals surface area contributed by atoms with Gasteiger partial charge in [0.25, 0.3) is 5.91 Å². The van der Waals surface area contributed by atoms with Gasteiger partial charge in [0, 0.05) is 31.4 Å². The summed E-state index contributed by atoms with van der Waals surface area (Å²) in [6, 6.07) is 13.2. The van der Waals surface area contributed by atoms with Crippen LogP contribution in [0.2, 0.25) is 0 Å². The van der Waals surface area contributed by atoms with E-state index in [0.29, 0.717) is 23.6 Å². The number of ether oxygens (including phenoxy) is 1. The van der Waals surface area contributed by atoms with Crippen molar-refractivity contribution < 1.29 is 23.9 Å². The third-order valence-corrected chi connectivity index (χ3v) is 4.17. The van der Waals surface area contributed by atoms with Gasteiger partial charge in [-0.2, -0.15) is 0 Å². The Balaban J connectivity index is 1.90. The summed E-state index contributed by atoms with van der Waals surface area (Å²) in [5.74, 6) is -0.818. The van der Waals surface area contributed by atoms with Crippen LogP contribution in [-0.4, -0.2) is 36.7 Å². The number of benzene rings is 2. The lowest BCUT2D eigenvalue weighted by atomic mass is 10.1. The van der Waals surface area contributed by atoms with Gasteiger partial charge in [-0.05, 0) is 43.3 Å². The molecule has 0 aliphatic heterocycles. The van der Waals surface area contributed by atoms with E-state index in [2.05, 4.69) is 10.6 Å². The highest BCUT2D eigenvalue weighted by Crippen LogP contribution is 2.17. The first-order valence-electron chi connectivity index (χ1n) is 9.62. The van der Waals surface area contributed by atoms with Crippen LogP contribution in [0.5, 0.6) is 5.75 Å². The van der Waals surface area contributed by atoms with Crippen LogP contribution in [0.1, 0.15) is 46.9 Å². The maximum absolute atomic E-state index is 12.3. The molecule has 0 aliphatic carbocycles. The maximum atomic E-state index is 12.3. The summed E-state index contributed by atoms with van der Waals surface area (Å²) in [7, 11) is 0. The molecule has 0 aromatic heterocycles. The average Bonchev–Trinajstić information content (AvgIpc) is 2.73. The third kappa shape index (κ3) is 7.05. The van der Waals surface area contributed by atoms with Gasteiger partial charge in [-0.3, -0.25) is 19.2 Å². The van der Waals surface area contributed by atoms with E-state index >= 15 is 0 Å². The summed E-state index contributed by atoms with van der Waals surface area (Å²) in [4.78, 5) is 47.6. The minimum absolute atomic E-state index is 0.0218. The average molecular weight is 411 g/mol. The lowest BCUT2D eigenvalue weighted by molar-refractivity contribution is -0.118. The van der Waals surface area contributed by atoms with Crippen molar-refractivity contribution in [3.8, 4) is 5.75 Å². The fraction of sp³-hybridized carbons (Fsp3) is 0.273. The van der Waals surface area contributed by atoms with Crippen molar-refractivity contribution in [2.24, 2.45) is 5.73 Å². The summed E-state index contributed by atoms with van der Waals surface area (Å²) in [5.41, 5.74) is 6.14. The predicted molar refractivity (Wildman–Crippen MR) is 112 cm³/mol. The molecule has 2 aromatic rings. The number of ketones is 1. The van der Waals surface area contributed by atoms with Crippen molar-refractivity contribution in [3.63, 3.8) is 0 Å². The van der Waals surface area contributed by atoms with Gasteiger partial charge in [0.1, 0.15) is 5.75 Å². The molecule has 158 valence electrons. The van der Waals surface area contributed by atoms with Crippen LogP contribution in [0.25, 0.3) is 0 Å². The molecule has 0 radical (unpaired) electrons. The number of carbonyl (C=O) groups excluding carboxylic acids is 4. The number of rotatable bonds is 11. The molecule has 0 atom stereocenters. The topological polar surface area (TPSA) is 128 Å². The van der Waals surface area contributed by atoms with Crippen LogP contribution >= 0.6 is 0 Å². The molecule has 0 spiro atoms. The first-order chi connectivity index (χ1) is 14.4. The summed E-state index contributed by atoms with van der Waals surface area (Å²) in [5, 5.41) is 5.23. The van der Waals surface area contributed by atoms with Crippen molar-refractivity contribution in [2.75, 3.05) is 18.5 Å². The number of amides is 3. The van der Waals surface area contributed by atoms with E-state index < -0.39 is 11.8 Å². The Kier molecular flexibility index (Phi) is 8.56. The SMILES string of the molecule is CCOc1ccc(C(=O)CCC(=O)Nc2ccccc2C(=O)NCCC(N)=O)cc1. The molecule has 0 bridgehead atoms. The van der Waals surface area contributed by atoms with Crippen LogP contribution in [0.4, 0.5) is 5.69 Å². The Labute approximate surface area is 174 Å². The molecule has 0 saturated carbocycles. The van der Waals surface area contributed by atoms with Gasteiger partial charge in [-0.1, -0.05) is 12.1 Å². The van der Waals surface area contributed by atoms with Crippen molar-refractivity contribution in [3.05, 3.63) is 59.7 Å². The normalized spacial score (nSPS) is 10.2. The monoisotopic (exact) mass is 411 g/mol. The molecule has 0 heterocycles. The molecule has 8 heteroatoms. The zero-order chi connectivity index (χ0) is 21.9.